The van der Waals surface area contributed by atoms with E-state index in [9.17, 15) is 0 Å². The van der Waals surface area contributed by atoms with Crippen molar-refractivity contribution < 1.29 is 18.9 Å². The molecule has 0 aliphatic carbocycles. The second-order valence-electron chi connectivity index (χ2n) is 2.85. The van der Waals surface area contributed by atoms with Crippen molar-refractivity contribution in [3.63, 3.8) is 0 Å². The molecule has 0 heterocycles. The second-order valence-corrected chi connectivity index (χ2v) is 3.64. The van der Waals surface area contributed by atoms with Gasteiger partial charge in [-0.25, -0.2) is 0 Å². The zero-order valence-electron chi connectivity index (χ0n) is 9.45. The summed E-state index contributed by atoms with van der Waals surface area (Å²) in [6, 6.07) is 0. The highest BCUT2D eigenvalue weighted by molar-refractivity contribution is 9.09. The summed E-state index contributed by atoms with van der Waals surface area (Å²) in [6.45, 7) is 3.82. The van der Waals surface area contributed by atoms with Crippen molar-refractivity contribution in [1.82, 2.24) is 0 Å². The van der Waals surface area contributed by atoms with Crippen molar-refractivity contribution in [2.75, 3.05) is 51.8 Å². The Kier molecular flexibility index (Phi) is 14.8. The molecule has 0 fully saturated rings. The predicted molar refractivity (Wildman–Crippen MR) is 65.7 cm³/mol. The lowest BCUT2D eigenvalue weighted by Crippen LogP contribution is -2.08. The maximum absolute atomic E-state index is 5.31. The van der Waals surface area contributed by atoms with Crippen LogP contribution in [0.5, 0.6) is 0 Å². The lowest BCUT2D eigenvalue weighted by Gasteiger charge is -2.05. The van der Waals surface area contributed by atoms with Crippen LogP contribution in [0.3, 0.4) is 0 Å². The van der Waals surface area contributed by atoms with Crippen molar-refractivity contribution in [1.29, 1.82) is 0 Å². The summed E-state index contributed by atoms with van der Waals surface area (Å²) in [5.41, 5.74) is 0. The van der Waals surface area contributed by atoms with Gasteiger partial charge in [-0.3, -0.25) is 0 Å². The monoisotopic (exact) mass is 294 g/mol. The Morgan fingerprint density at radius 2 is 1.56 bits per heavy atom. The van der Waals surface area contributed by atoms with Gasteiger partial charge >= 0.3 is 0 Å². The summed E-state index contributed by atoms with van der Waals surface area (Å²) in [5, 5.41) is 0.860. The van der Waals surface area contributed by atoms with E-state index in [4.69, 9.17) is 25.4 Å². The molecule has 0 unspecified atom stereocenters. The molecule has 0 bridgehead atoms. The molecule has 16 heavy (non-hydrogen) atoms. The van der Waals surface area contributed by atoms with Crippen LogP contribution < -0.4 is 0 Å². The lowest BCUT2D eigenvalue weighted by molar-refractivity contribution is -0.0487. The molecule has 5 heteroatoms. The minimum Gasteiger partial charge on any atom is -0.379 e. The zero-order chi connectivity index (χ0) is 11.9. The van der Waals surface area contributed by atoms with E-state index in [1.165, 1.54) is 0 Å². The zero-order valence-corrected chi connectivity index (χ0v) is 11.0. The van der Waals surface area contributed by atoms with Gasteiger partial charge in [-0.15, -0.1) is 6.42 Å². The maximum atomic E-state index is 5.31. The van der Waals surface area contributed by atoms with Crippen LogP contribution in [-0.2, 0) is 18.9 Å². The van der Waals surface area contributed by atoms with Crippen molar-refractivity contribution in [2.45, 2.75) is 6.42 Å². The molecule has 0 radical (unpaired) electrons. The summed E-state index contributed by atoms with van der Waals surface area (Å²) in [7, 11) is 0. The van der Waals surface area contributed by atoms with Crippen LogP contribution in [-0.4, -0.2) is 51.8 Å². The first-order valence-electron chi connectivity index (χ1n) is 5.22. The van der Waals surface area contributed by atoms with Gasteiger partial charge in [0.25, 0.3) is 0 Å². The Balaban J connectivity index is 2.86. The Morgan fingerprint density at radius 1 is 0.875 bits per heavy atom. The molecular weight excluding hydrogens is 276 g/mol. The Hall–Kier alpha value is -0.120. The molecule has 0 aromatic rings. The van der Waals surface area contributed by atoms with Gasteiger partial charge in [0.2, 0.25) is 0 Å². The van der Waals surface area contributed by atoms with Gasteiger partial charge in [0.05, 0.1) is 26.4 Å². The Labute approximate surface area is 106 Å². The molecule has 0 spiro atoms. The summed E-state index contributed by atoms with van der Waals surface area (Å²) < 4.78 is 20.6. The first kappa shape index (κ1) is 15.9. The molecule has 0 aliphatic heterocycles. The minimum absolute atomic E-state index is 0.249. The van der Waals surface area contributed by atoms with E-state index >= 15 is 0 Å². The smallest absolute Gasteiger partial charge is 0.148 e. The highest BCUT2D eigenvalue weighted by Crippen LogP contribution is 1.87. The average Bonchev–Trinajstić information content (AvgIpc) is 2.31. The number of rotatable bonds is 12. The third-order valence-electron chi connectivity index (χ3n) is 1.52. The summed E-state index contributed by atoms with van der Waals surface area (Å²) in [4.78, 5) is 0. The van der Waals surface area contributed by atoms with Crippen LogP contribution in [0.25, 0.3) is 0 Å². The van der Waals surface area contributed by atoms with Gasteiger partial charge in [-0.1, -0.05) is 21.9 Å². The predicted octanol–water partition coefficient (Wildman–Crippen LogP) is 1.43. The summed E-state index contributed by atoms with van der Waals surface area (Å²) in [6.07, 6.45) is 5.84. The fraction of sp³-hybridized carbons (Fsp3) is 0.818. The molecule has 0 atom stereocenters. The third-order valence-corrected chi connectivity index (χ3v) is 1.85. The van der Waals surface area contributed by atoms with E-state index in [1.807, 2.05) is 0 Å². The Morgan fingerprint density at radius 3 is 2.25 bits per heavy atom. The van der Waals surface area contributed by atoms with Gasteiger partial charge in [0.1, 0.15) is 13.4 Å². The number of ether oxygens (including phenoxy) is 4. The van der Waals surface area contributed by atoms with E-state index in [1.54, 1.807) is 0 Å². The standard InChI is InChI=1S/C11H19BrO4/c1-2-5-15-11-16-7-3-6-13-9-10-14-8-4-12/h1H,3-11H2. The van der Waals surface area contributed by atoms with E-state index in [2.05, 4.69) is 21.9 Å². The lowest BCUT2D eigenvalue weighted by atomic mass is 10.5. The second kappa shape index (κ2) is 14.9. The van der Waals surface area contributed by atoms with E-state index in [0.717, 1.165) is 18.4 Å². The quantitative estimate of drug-likeness (QED) is 0.236. The largest absolute Gasteiger partial charge is 0.379 e. The van der Waals surface area contributed by atoms with E-state index in [-0.39, 0.29) is 6.79 Å². The van der Waals surface area contributed by atoms with Crippen LogP contribution >= 0.6 is 15.9 Å². The van der Waals surface area contributed by atoms with Gasteiger partial charge in [-0.05, 0) is 6.42 Å². The van der Waals surface area contributed by atoms with Gasteiger partial charge < -0.3 is 18.9 Å². The molecule has 0 amide bonds. The first-order chi connectivity index (χ1) is 7.91. The topological polar surface area (TPSA) is 36.9 Å². The van der Waals surface area contributed by atoms with Crippen molar-refractivity contribution in [3.8, 4) is 12.3 Å². The number of alkyl halides is 1. The van der Waals surface area contributed by atoms with Crippen LogP contribution in [0.1, 0.15) is 6.42 Å². The number of hydrogen-bond donors (Lipinski definition) is 0. The number of hydrogen-bond acceptors (Lipinski definition) is 4. The van der Waals surface area contributed by atoms with Crippen molar-refractivity contribution in [3.05, 3.63) is 0 Å². The average molecular weight is 295 g/mol. The molecule has 0 rings (SSSR count). The summed E-state index contributed by atoms with van der Waals surface area (Å²) in [5.74, 6) is 2.36. The molecule has 0 aromatic carbocycles. The number of terminal acetylenes is 1. The van der Waals surface area contributed by atoms with E-state index < -0.39 is 0 Å². The fourth-order valence-electron chi connectivity index (χ4n) is 0.858. The van der Waals surface area contributed by atoms with Gasteiger partial charge in [-0.2, -0.15) is 0 Å². The fourth-order valence-corrected chi connectivity index (χ4v) is 1.09. The van der Waals surface area contributed by atoms with Crippen LogP contribution in [0.4, 0.5) is 0 Å². The van der Waals surface area contributed by atoms with Crippen molar-refractivity contribution >= 4 is 15.9 Å². The highest BCUT2D eigenvalue weighted by atomic mass is 79.9. The molecule has 0 N–H and O–H groups in total. The van der Waals surface area contributed by atoms with Crippen LogP contribution in [0.2, 0.25) is 0 Å². The number of halogens is 1. The minimum atomic E-state index is 0.249. The van der Waals surface area contributed by atoms with Crippen LogP contribution in [0, 0.1) is 12.3 Å². The first-order valence-corrected chi connectivity index (χ1v) is 6.34. The summed E-state index contributed by atoms with van der Waals surface area (Å²) >= 11 is 3.27. The SMILES string of the molecule is C#CCOCOCCCOCCOCCBr. The third kappa shape index (κ3) is 13.9. The maximum Gasteiger partial charge on any atom is 0.148 e. The molecule has 0 aliphatic rings. The molecule has 4 nitrogen and oxygen atoms in total. The molecule has 0 aromatic heterocycles. The molecule has 94 valence electrons. The van der Waals surface area contributed by atoms with Crippen LogP contribution in [0.15, 0.2) is 0 Å². The van der Waals surface area contributed by atoms with Gasteiger partial charge in [0, 0.05) is 11.9 Å². The van der Waals surface area contributed by atoms with Crippen molar-refractivity contribution in [2.24, 2.45) is 0 Å². The molecule has 0 saturated carbocycles. The normalized spacial score (nSPS) is 10.2. The van der Waals surface area contributed by atoms with E-state index in [0.29, 0.717) is 33.0 Å². The highest BCUT2D eigenvalue weighted by Gasteiger charge is 1.91. The molecular formula is C11H19BrO4. The molecule has 0 saturated heterocycles. The Bertz CT molecular complexity index is 170. The van der Waals surface area contributed by atoms with Gasteiger partial charge in [0.15, 0.2) is 0 Å².